The Labute approximate surface area is 287 Å². The predicted molar refractivity (Wildman–Crippen MR) is 166 cm³/mol. The molecule has 5 fully saturated rings. The molecule has 3 saturated carbocycles. The number of aliphatic hydroxyl groups is 5. The molecule has 2 heterocycles. The molecule has 0 aromatic rings. The first kappa shape index (κ1) is 37.5. The van der Waals surface area contributed by atoms with E-state index < -0.39 is 93.8 Å². The highest BCUT2D eigenvalue weighted by atomic mass is 32.3. The Morgan fingerprint density at radius 3 is 2.31 bits per heavy atom. The molecule has 280 valence electrons. The van der Waals surface area contributed by atoms with E-state index >= 15 is 0 Å². The fourth-order valence-electron chi connectivity index (χ4n) is 11.0. The molecule has 0 bridgehead atoms. The van der Waals surface area contributed by atoms with Crippen LogP contribution in [0, 0.1) is 46.3 Å². The maximum absolute atomic E-state index is 12.1. The van der Waals surface area contributed by atoms with Crippen molar-refractivity contribution in [3.8, 4) is 0 Å². The summed E-state index contributed by atoms with van der Waals surface area (Å²) in [5, 5.41) is 65.7. The summed E-state index contributed by atoms with van der Waals surface area (Å²) in [6.45, 7) is 11.9. The van der Waals surface area contributed by atoms with Crippen LogP contribution in [0.1, 0.15) is 80.1 Å². The van der Waals surface area contributed by atoms with E-state index in [1.54, 1.807) is 6.92 Å². The Balaban J connectivity index is 1.27. The first-order valence-electron chi connectivity index (χ1n) is 17.6. The van der Waals surface area contributed by atoms with Gasteiger partial charge in [-0.15, -0.1) is 0 Å². The summed E-state index contributed by atoms with van der Waals surface area (Å²) < 4.78 is 59.4. The molecular weight excluding hydrogens is 664 g/mol. The molecule has 14 nitrogen and oxygen atoms in total. The average molecular weight is 717 g/mol. The molecule has 0 aromatic carbocycles. The number of fused-ring (bicyclic) bond motifs is 7. The van der Waals surface area contributed by atoms with Crippen LogP contribution in [0.2, 0.25) is 0 Å². The number of allylic oxidation sites excluding steroid dienone is 2. The standard InChI is InChI=1S/C34H54O14S/c1-14(2)15(3)23(35)29-34(6,41)28-22(46-29)13-19-17-12-21(48-49(42,43)44)20-11-16(7-9-32(20,4)18(17)8-10-33(19,28)5)45-31-26(38)24(36)25(37)27(47-31)30(39)40/h8,14-17,19-29,31,35-38,41H,7,9-13H2,1-6H3,(H,39,40)(H,42,43,44)/p-2/t15-,16-,17+,19-,20+,21-,22-,23-,24-,25-,26+,27-,28-,29-,31+,32+,33-,34+/m0/s1. The van der Waals surface area contributed by atoms with Gasteiger partial charge in [0.1, 0.15) is 30.5 Å². The van der Waals surface area contributed by atoms with Gasteiger partial charge in [0.05, 0.1) is 36.0 Å². The molecule has 0 radical (unpaired) electrons. The van der Waals surface area contributed by atoms with E-state index in [1.165, 1.54) is 0 Å². The van der Waals surface area contributed by atoms with Crippen LogP contribution >= 0.6 is 0 Å². The number of aliphatic hydroxyl groups excluding tert-OH is 4. The molecule has 15 heteroatoms. The number of hydrogen-bond donors (Lipinski definition) is 5. The fourth-order valence-corrected chi connectivity index (χ4v) is 11.5. The van der Waals surface area contributed by atoms with Crippen LogP contribution in [-0.2, 0) is 33.6 Å². The molecule has 0 amide bonds. The summed E-state index contributed by atoms with van der Waals surface area (Å²) in [7, 11) is -5.13. The van der Waals surface area contributed by atoms with Crippen LogP contribution < -0.4 is 5.11 Å². The number of aliphatic carboxylic acids is 1. The Kier molecular flexibility index (Phi) is 9.73. The first-order chi connectivity index (χ1) is 22.6. The van der Waals surface area contributed by atoms with Gasteiger partial charge in [-0.1, -0.05) is 46.3 Å². The molecule has 2 aliphatic heterocycles. The smallest absolute Gasteiger partial charge is 0.217 e. The van der Waals surface area contributed by atoms with E-state index in [4.69, 9.17) is 18.4 Å². The van der Waals surface area contributed by atoms with Gasteiger partial charge in [-0.05, 0) is 85.9 Å². The van der Waals surface area contributed by atoms with Crippen molar-refractivity contribution < 1.29 is 66.8 Å². The second kappa shape index (κ2) is 12.7. The number of carboxylic acids is 1. The molecule has 49 heavy (non-hydrogen) atoms. The largest absolute Gasteiger partial charge is 0.726 e. The van der Waals surface area contributed by atoms with Crippen molar-refractivity contribution in [2.45, 2.75) is 147 Å². The molecule has 6 rings (SSSR count). The van der Waals surface area contributed by atoms with Crippen LogP contribution in [0.25, 0.3) is 0 Å². The predicted octanol–water partition coefficient (Wildman–Crippen LogP) is -0.255. The van der Waals surface area contributed by atoms with Crippen LogP contribution in [0.3, 0.4) is 0 Å². The van der Waals surface area contributed by atoms with Gasteiger partial charge in [-0.3, -0.25) is 4.18 Å². The van der Waals surface area contributed by atoms with Gasteiger partial charge >= 0.3 is 0 Å². The fraction of sp³-hybridized carbons (Fsp3) is 0.912. The summed E-state index contributed by atoms with van der Waals surface area (Å²) in [4.78, 5) is 11.5. The van der Waals surface area contributed by atoms with Crippen LogP contribution in [0.4, 0.5) is 0 Å². The number of hydrogen-bond acceptors (Lipinski definition) is 14. The van der Waals surface area contributed by atoms with Gasteiger partial charge in [-0.25, -0.2) is 8.42 Å². The van der Waals surface area contributed by atoms with Crippen molar-refractivity contribution in [2.24, 2.45) is 46.3 Å². The van der Waals surface area contributed by atoms with Crippen LogP contribution in [-0.4, -0.2) is 111 Å². The van der Waals surface area contributed by atoms with Crippen LogP contribution in [0.15, 0.2) is 11.6 Å². The third-order valence-electron chi connectivity index (χ3n) is 13.8. The SMILES string of the molecule is CC(C)[C@H](C)[C@H](O)[C@@H]1O[C@H]2C[C@H]3[C@@H]4C[C@H](OS(=O)(=O)[O-])[C@H]5C[C@@H](O[C@@H]6O[C@H](C(=O)[O-])[C@@H](O)[C@H](O)[C@H]6O)CC[C@]5(C)C4=CC[C@]3(C)[C@H]2[C@@]1(C)O. The topological polar surface area (TPSA) is 235 Å². The summed E-state index contributed by atoms with van der Waals surface area (Å²) in [6.07, 6.45) is -8.08. The van der Waals surface area contributed by atoms with Crippen molar-refractivity contribution in [3.05, 3.63) is 11.6 Å². The quantitative estimate of drug-likeness (QED) is 0.0943. The number of carboxylic acid groups (broad SMARTS) is 1. The van der Waals surface area contributed by atoms with Gasteiger partial charge in [0, 0.05) is 5.92 Å². The zero-order valence-corrected chi connectivity index (χ0v) is 29.7. The average Bonchev–Trinajstić information content (AvgIpc) is 3.46. The van der Waals surface area contributed by atoms with Gasteiger partial charge in [0.25, 0.3) is 0 Å². The van der Waals surface area contributed by atoms with Crippen molar-refractivity contribution in [1.82, 2.24) is 0 Å². The minimum atomic E-state index is -5.13. The molecule has 5 N–H and O–H groups in total. The van der Waals surface area contributed by atoms with Crippen molar-refractivity contribution in [2.75, 3.05) is 0 Å². The van der Waals surface area contributed by atoms with Gasteiger partial charge in [-0.2, -0.15) is 0 Å². The maximum atomic E-state index is 12.1. The lowest BCUT2D eigenvalue weighted by atomic mass is 9.47. The summed E-state index contributed by atoms with van der Waals surface area (Å²) in [5.41, 5.74) is -1.24. The Morgan fingerprint density at radius 1 is 1.02 bits per heavy atom. The minimum Gasteiger partial charge on any atom is -0.726 e. The Hall–Kier alpha value is -1.24. The number of rotatable bonds is 8. The number of ether oxygens (including phenoxy) is 3. The molecule has 4 aliphatic carbocycles. The molecule has 18 atom stereocenters. The molecule has 0 spiro atoms. The molecule has 0 unspecified atom stereocenters. The van der Waals surface area contributed by atoms with Crippen LogP contribution in [0.5, 0.6) is 0 Å². The normalized spacial score (nSPS) is 50.9. The van der Waals surface area contributed by atoms with Crippen molar-refractivity contribution >= 4 is 16.4 Å². The first-order valence-corrected chi connectivity index (χ1v) is 18.9. The van der Waals surface area contributed by atoms with E-state index in [-0.39, 0.29) is 48.5 Å². The van der Waals surface area contributed by atoms with Crippen molar-refractivity contribution in [3.63, 3.8) is 0 Å². The van der Waals surface area contributed by atoms with Gasteiger partial charge in [0.15, 0.2) is 6.29 Å². The highest BCUT2D eigenvalue weighted by molar-refractivity contribution is 7.80. The molecule has 6 aliphatic rings. The maximum Gasteiger partial charge on any atom is 0.217 e. The molecule has 0 aromatic heterocycles. The highest BCUT2D eigenvalue weighted by Crippen LogP contribution is 2.69. The lowest BCUT2D eigenvalue weighted by Crippen LogP contribution is -2.63. The number of carbonyl (C=O) groups excluding carboxylic acids is 1. The van der Waals surface area contributed by atoms with E-state index in [0.717, 1.165) is 5.57 Å². The summed E-state index contributed by atoms with van der Waals surface area (Å²) in [6, 6.07) is 0. The van der Waals surface area contributed by atoms with Gasteiger partial charge < -0.3 is 54.2 Å². The lowest BCUT2D eigenvalue weighted by molar-refractivity contribution is -0.354. The monoisotopic (exact) mass is 716 g/mol. The zero-order valence-electron chi connectivity index (χ0n) is 28.9. The molecular formula is C34H52O14S-2. The van der Waals surface area contributed by atoms with E-state index in [2.05, 4.69) is 13.0 Å². The Morgan fingerprint density at radius 2 is 1.69 bits per heavy atom. The van der Waals surface area contributed by atoms with Crippen molar-refractivity contribution in [1.29, 1.82) is 0 Å². The molecule has 2 saturated heterocycles. The van der Waals surface area contributed by atoms with Gasteiger partial charge in [0.2, 0.25) is 10.4 Å². The highest BCUT2D eigenvalue weighted by Gasteiger charge is 2.70. The lowest BCUT2D eigenvalue weighted by Gasteiger charge is -2.59. The zero-order chi connectivity index (χ0) is 36.2. The summed E-state index contributed by atoms with van der Waals surface area (Å²) in [5.74, 6) is -2.71. The summed E-state index contributed by atoms with van der Waals surface area (Å²) >= 11 is 0. The second-order valence-electron chi connectivity index (χ2n) is 16.8. The third-order valence-corrected chi connectivity index (χ3v) is 14.3. The van der Waals surface area contributed by atoms with E-state index in [9.17, 15) is 48.4 Å². The Bertz CT molecular complexity index is 1420. The number of carbonyl (C=O) groups is 1. The van der Waals surface area contributed by atoms with E-state index in [1.807, 2.05) is 27.7 Å². The third kappa shape index (κ3) is 6.12. The second-order valence-corrected chi connectivity index (χ2v) is 17.8. The minimum absolute atomic E-state index is 0.0259. The van der Waals surface area contributed by atoms with E-state index in [0.29, 0.717) is 25.7 Å².